The fourth-order valence-corrected chi connectivity index (χ4v) is 7.13. The Balaban J connectivity index is 4.31. The first-order valence-electron chi connectivity index (χ1n) is 24.1. The van der Waals surface area contributed by atoms with Crippen LogP contribution in [0.3, 0.4) is 0 Å². The van der Waals surface area contributed by atoms with E-state index in [-0.39, 0.29) is 32.2 Å². The van der Waals surface area contributed by atoms with Gasteiger partial charge in [0.15, 0.2) is 6.10 Å². The lowest BCUT2D eigenvalue weighted by Gasteiger charge is -2.24. The highest BCUT2D eigenvalue weighted by Gasteiger charge is 2.26. The first-order valence-corrected chi connectivity index (χ1v) is 25.6. The van der Waals surface area contributed by atoms with Gasteiger partial charge in [-0.05, 0) is 70.3 Å². The maximum Gasteiger partial charge on any atom is 0.472 e. The van der Waals surface area contributed by atoms with E-state index < -0.39 is 13.9 Å². The second-order valence-corrected chi connectivity index (χ2v) is 18.7. The van der Waals surface area contributed by atoms with Crippen molar-refractivity contribution in [3.8, 4) is 0 Å². The molecule has 0 aliphatic heterocycles. The molecule has 0 aliphatic rings. The van der Waals surface area contributed by atoms with Crippen LogP contribution in [-0.4, -0.2) is 69.0 Å². The number of rotatable bonds is 44. The number of unbranched alkanes of at least 4 members (excludes halogenated alkanes) is 22. The van der Waals surface area contributed by atoms with Gasteiger partial charge in [-0.3, -0.25) is 13.8 Å². The van der Waals surface area contributed by atoms with Crippen LogP contribution in [0.4, 0.5) is 0 Å². The van der Waals surface area contributed by atoms with Crippen molar-refractivity contribution in [2.24, 2.45) is 0 Å². The zero-order chi connectivity index (χ0) is 43.4. The fraction of sp³-hybridized carbons (Fsp3) is 0.780. The highest BCUT2D eigenvalue weighted by Crippen LogP contribution is 2.43. The number of allylic oxidation sites excluding steroid dienone is 9. The molecule has 0 fully saturated rings. The van der Waals surface area contributed by atoms with Crippen LogP contribution in [0.25, 0.3) is 0 Å². The lowest BCUT2D eigenvalue weighted by atomic mass is 10.0. The Morgan fingerprint density at radius 3 is 1.44 bits per heavy atom. The summed E-state index contributed by atoms with van der Waals surface area (Å²) in [6, 6.07) is 0. The minimum Gasteiger partial charge on any atom is -0.498 e. The summed E-state index contributed by atoms with van der Waals surface area (Å²) in [6.07, 6.45) is 55.0. The zero-order valence-corrected chi connectivity index (χ0v) is 39.9. The van der Waals surface area contributed by atoms with E-state index in [9.17, 15) is 14.3 Å². The molecule has 8 nitrogen and oxygen atoms in total. The van der Waals surface area contributed by atoms with E-state index in [1.807, 2.05) is 27.2 Å². The van der Waals surface area contributed by atoms with E-state index in [0.717, 1.165) is 51.4 Å². The minimum atomic E-state index is -4.30. The lowest BCUT2D eigenvalue weighted by Crippen LogP contribution is -2.37. The van der Waals surface area contributed by atoms with Crippen molar-refractivity contribution >= 4 is 13.8 Å². The van der Waals surface area contributed by atoms with Gasteiger partial charge >= 0.3 is 13.8 Å². The molecule has 0 heterocycles. The van der Waals surface area contributed by atoms with Crippen molar-refractivity contribution in [3.63, 3.8) is 0 Å². The molecule has 59 heavy (non-hydrogen) atoms. The summed E-state index contributed by atoms with van der Waals surface area (Å²) < 4.78 is 34.8. The number of ether oxygens (including phenoxy) is 2. The Labute approximate surface area is 364 Å². The number of hydrogen-bond donors (Lipinski definition) is 1. The molecule has 0 aromatic carbocycles. The van der Waals surface area contributed by atoms with Gasteiger partial charge in [0, 0.05) is 6.42 Å². The van der Waals surface area contributed by atoms with Gasteiger partial charge in [0.2, 0.25) is 0 Å². The monoisotopic (exact) mass is 851 g/mol. The van der Waals surface area contributed by atoms with Crippen LogP contribution in [0.15, 0.2) is 60.9 Å². The number of phosphoric acid groups is 1. The van der Waals surface area contributed by atoms with E-state index in [0.29, 0.717) is 17.4 Å². The fourth-order valence-electron chi connectivity index (χ4n) is 6.38. The van der Waals surface area contributed by atoms with Crippen LogP contribution < -0.4 is 0 Å². The molecule has 0 aromatic heterocycles. The summed E-state index contributed by atoms with van der Waals surface area (Å²) in [6.45, 7) is 4.87. The maximum absolute atomic E-state index is 12.7. The van der Waals surface area contributed by atoms with Crippen molar-refractivity contribution in [2.75, 3.05) is 47.5 Å². The number of carbonyl (C=O) groups excluding carboxylic acids is 1. The van der Waals surface area contributed by atoms with Crippen LogP contribution >= 0.6 is 7.82 Å². The molecule has 0 saturated carbocycles. The summed E-state index contributed by atoms with van der Waals surface area (Å²) in [5, 5.41) is 0. The van der Waals surface area contributed by atoms with Crippen LogP contribution in [-0.2, 0) is 27.9 Å². The molecule has 9 heteroatoms. The first kappa shape index (κ1) is 57.0. The van der Waals surface area contributed by atoms with Gasteiger partial charge in [-0.1, -0.05) is 178 Å². The SMILES string of the molecule is CCCCC/C=C\C/C=C\C/C=C\C/C=C\CCCCCC(=O)O[C@H](CO/C=C\CCCCCCCCCCCCCCCCCC)COP(=O)(O)OCC[N+](C)(C)C. The lowest BCUT2D eigenvalue weighted by molar-refractivity contribution is -0.870. The summed E-state index contributed by atoms with van der Waals surface area (Å²) in [4.78, 5) is 22.9. The second kappa shape index (κ2) is 42.7. The number of hydrogen-bond acceptors (Lipinski definition) is 6. The summed E-state index contributed by atoms with van der Waals surface area (Å²) >= 11 is 0. The number of esters is 1. The standard InChI is InChI=1S/C50H92NO7P/c1-6-8-10-12-14-16-18-20-22-24-26-27-29-31-33-35-37-39-41-43-50(52)58-49(48-57-59(53,54)56-46-44-51(3,4)5)47-55-45-42-40-38-36-34-32-30-28-25-23-21-19-17-15-13-11-9-7-2/h14,16,20,22,26-27,31,33,42,45,49H,6-13,15,17-19,21,23-25,28-30,32,34-41,43-44,46-48H2,1-5H3/p+1/b16-14-,22-20-,27-26-,33-31-,45-42-/t49-/m1/s1. The third-order valence-electron chi connectivity index (χ3n) is 10.1. The third-order valence-corrected chi connectivity index (χ3v) is 11.1. The van der Waals surface area contributed by atoms with Gasteiger partial charge in [0.25, 0.3) is 0 Å². The van der Waals surface area contributed by atoms with E-state index in [2.05, 4.69) is 62.5 Å². The Kier molecular flexibility index (Phi) is 41.3. The largest absolute Gasteiger partial charge is 0.498 e. The van der Waals surface area contributed by atoms with Crippen molar-refractivity contribution in [1.82, 2.24) is 0 Å². The maximum atomic E-state index is 12.7. The average Bonchev–Trinajstić information content (AvgIpc) is 3.19. The van der Waals surface area contributed by atoms with E-state index in [4.69, 9.17) is 18.5 Å². The van der Waals surface area contributed by atoms with E-state index in [1.165, 1.54) is 122 Å². The molecular formula is C50H93NO7P+. The molecule has 0 radical (unpaired) electrons. The van der Waals surface area contributed by atoms with E-state index >= 15 is 0 Å². The molecule has 2 atom stereocenters. The number of carbonyl (C=O) groups is 1. The van der Waals surface area contributed by atoms with Crippen LogP contribution in [0.1, 0.15) is 200 Å². The van der Waals surface area contributed by atoms with Gasteiger partial charge in [0.1, 0.15) is 19.8 Å². The predicted octanol–water partition coefficient (Wildman–Crippen LogP) is 14.8. The molecule has 344 valence electrons. The molecule has 0 saturated heterocycles. The molecule has 0 aliphatic carbocycles. The number of likely N-dealkylation sites (N-methyl/N-ethyl adjacent to an activating group) is 1. The number of nitrogens with zero attached hydrogens (tertiary/aromatic N) is 1. The quantitative estimate of drug-likeness (QED) is 0.0163. The number of quaternary nitrogens is 1. The highest BCUT2D eigenvalue weighted by molar-refractivity contribution is 7.47. The third kappa shape index (κ3) is 47.0. The molecule has 0 rings (SSSR count). The second-order valence-electron chi connectivity index (χ2n) is 17.2. The van der Waals surface area contributed by atoms with Crippen molar-refractivity contribution in [1.29, 1.82) is 0 Å². The first-order chi connectivity index (χ1) is 28.6. The Morgan fingerprint density at radius 2 is 0.949 bits per heavy atom. The smallest absolute Gasteiger partial charge is 0.472 e. The molecule has 0 amide bonds. The average molecular weight is 851 g/mol. The van der Waals surface area contributed by atoms with E-state index in [1.54, 1.807) is 6.26 Å². The van der Waals surface area contributed by atoms with Crippen LogP contribution in [0, 0.1) is 0 Å². The van der Waals surface area contributed by atoms with Gasteiger partial charge in [0.05, 0.1) is 34.0 Å². The summed E-state index contributed by atoms with van der Waals surface area (Å²) in [7, 11) is 1.61. The minimum absolute atomic E-state index is 0.0339. The highest BCUT2D eigenvalue weighted by atomic mass is 31.2. The predicted molar refractivity (Wildman–Crippen MR) is 251 cm³/mol. The molecule has 0 spiro atoms. The van der Waals surface area contributed by atoms with Crippen LogP contribution in [0.2, 0.25) is 0 Å². The zero-order valence-electron chi connectivity index (χ0n) is 39.0. The Morgan fingerprint density at radius 1 is 0.542 bits per heavy atom. The van der Waals surface area contributed by atoms with Crippen molar-refractivity contribution < 1.29 is 37.3 Å². The number of phosphoric ester groups is 1. The topological polar surface area (TPSA) is 91.3 Å². The molecule has 1 N–H and O–H groups in total. The molecule has 0 bridgehead atoms. The Hall–Kier alpha value is -1.96. The van der Waals surface area contributed by atoms with Crippen LogP contribution in [0.5, 0.6) is 0 Å². The summed E-state index contributed by atoms with van der Waals surface area (Å²) in [5.41, 5.74) is 0. The summed E-state index contributed by atoms with van der Waals surface area (Å²) in [5.74, 6) is -0.365. The molecule has 0 aromatic rings. The molecule has 1 unspecified atom stereocenters. The van der Waals surface area contributed by atoms with Crippen molar-refractivity contribution in [3.05, 3.63) is 60.9 Å². The normalized spacial score (nSPS) is 14.1. The molecular weight excluding hydrogens is 758 g/mol. The van der Waals surface area contributed by atoms with Crippen molar-refractivity contribution in [2.45, 2.75) is 206 Å². The van der Waals surface area contributed by atoms with Gasteiger partial charge in [-0.15, -0.1) is 0 Å². The van der Waals surface area contributed by atoms with Gasteiger partial charge in [-0.2, -0.15) is 0 Å². The van der Waals surface area contributed by atoms with Gasteiger partial charge < -0.3 is 18.9 Å². The van der Waals surface area contributed by atoms with Gasteiger partial charge in [-0.25, -0.2) is 4.57 Å². The Bertz CT molecular complexity index is 1130.